The number of hydrogen-bond donors (Lipinski definition) is 1. The molecule has 2 aliphatic heterocycles. The van der Waals surface area contributed by atoms with Crippen LogP contribution in [0.4, 0.5) is 0 Å². The third-order valence-electron chi connectivity index (χ3n) is 3.62. The van der Waals surface area contributed by atoms with Crippen molar-refractivity contribution in [2.24, 2.45) is 5.92 Å². The molecule has 0 saturated carbocycles. The van der Waals surface area contributed by atoms with Crippen molar-refractivity contribution in [3.05, 3.63) is 20.8 Å². The maximum Gasteiger partial charge on any atom is 0.0596 e. The van der Waals surface area contributed by atoms with Gasteiger partial charge in [0, 0.05) is 14.7 Å². The average Bonchev–Trinajstić information content (AvgIpc) is 2.75. The zero-order chi connectivity index (χ0) is 10.3. The van der Waals surface area contributed by atoms with E-state index in [1.54, 1.807) is 0 Å². The van der Waals surface area contributed by atoms with Crippen molar-refractivity contribution in [3.8, 4) is 0 Å². The van der Waals surface area contributed by atoms with Crippen molar-refractivity contribution in [2.75, 3.05) is 26.3 Å². The highest BCUT2D eigenvalue weighted by Gasteiger charge is 2.48. The zero-order valence-corrected chi connectivity index (χ0v) is 10.9. The first-order valence-electron chi connectivity index (χ1n) is 5.34. The summed E-state index contributed by atoms with van der Waals surface area (Å²) in [5.41, 5.74) is 0.320. The lowest BCUT2D eigenvalue weighted by atomic mass is 9.72. The molecule has 0 aromatic carbocycles. The van der Waals surface area contributed by atoms with Crippen molar-refractivity contribution in [2.45, 2.75) is 11.8 Å². The fourth-order valence-corrected chi connectivity index (χ4v) is 4.28. The van der Waals surface area contributed by atoms with Crippen molar-refractivity contribution < 1.29 is 4.74 Å². The summed E-state index contributed by atoms with van der Waals surface area (Å²) in [4.78, 5) is 1.49. The molecule has 1 N–H and O–H groups in total. The minimum Gasteiger partial charge on any atom is -0.379 e. The van der Waals surface area contributed by atoms with Crippen LogP contribution in [0.2, 0.25) is 0 Å². The first-order valence-corrected chi connectivity index (χ1v) is 7.01. The molecule has 1 unspecified atom stereocenters. The fraction of sp³-hybridized carbons (Fsp3) is 0.636. The van der Waals surface area contributed by atoms with Crippen LogP contribution in [0, 0.1) is 5.92 Å². The standard InChI is InChI=1S/C11H14BrNOS/c12-9-3-10(15-5-9)11(6-14-7-11)8-1-2-13-4-8/h3,5,8,13H,1-2,4,6-7H2. The molecule has 15 heavy (non-hydrogen) atoms. The van der Waals surface area contributed by atoms with E-state index < -0.39 is 0 Å². The van der Waals surface area contributed by atoms with Crippen LogP contribution >= 0.6 is 27.3 Å². The van der Waals surface area contributed by atoms with Crippen LogP contribution < -0.4 is 5.32 Å². The predicted molar refractivity (Wildman–Crippen MR) is 65.5 cm³/mol. The summed E-state index contributed by atoms with van der Waals surface area (Å²) in [5, 5.41) is 5.64. The van der Waals surface area contributed by atoms with Gasteiger partial charge in [-0.2, -0.15) is 0 Å². The molecule has 2 nitrogen and oxygen atoms in total. The van der Waals surface area contributed by atoms with E-state index in [2.05, 4.69) is 32.7 Å². The Bertz CT molecular complexity index is 355. The number of rotatable bonds is 2. The quantitative estimate of drug-likeness (QED) is 0.902. The van der Waals surface area contributed by atoms with Crippen LogP contribution in [-0.4, -0.2) is 26.3 Å². The molecule has 2 fully saturated rings. The second kappa shape index (κ2) is 3.84. The van der Waals surface area contributed by atoms with Crippen molar-refractivity contribution >= 4 is 27.3 Å². The average molecular weight is 288 g/mol. The van der Waals surface area contributed by atoms with Crippen molar-refractivity contribution in [3.63, 3.8) is 0 Å². The molecule has 3 heterocycles. The molecular weight excluding hydrogens is 274 g/mol. The van der Waals surface area contributed by atoms with Gasteiger partial charge in [0.25, 0.3) is 0 Å². The fourth-order valence-electron chi connectivity index (χ4n) is 2.60. The van der Waals surface area contributed by atoms with Gasteiger partial charge < -0.3 is 10.1 Å². The van der Waals surface area contributed by atoms with Gasteiger partial charge in [-0.05, 0) is 47.4 Å². The Morgan fingerprint density at radius 3 is 2.87 bits per heavy atom. The largest absolute Gasteiger partial charge is 0.379 e. The third kappa shape index (κ3) is 1.58. The summed E-state index contributed by atoms with van der Waals surface area (Å²) >= 11 is 5.40. The SMILES string of the molecule is Brc1csc(C2(C3CCNC3)COC2)c1. The molecule has 0 bridgehead atoms. The molecule has 4 heteroatoms. The van der Waals surface area contributed by atoms with Crippen molar-refractivity contribution in [1.82, 2.24) is 5.32 Å². The number of halogens is 1. The lowest BCUT2D eigenvalue weighted by Gasteiger charge is -2.45. The normalized spacial score (nSPS) is 29.0. The van der Waals surface area contributed by atoms with E-state index in [1.165, 1.54) is 22.3 Å². The minimum atomic E-state index is 0.320. The van der Waals surface area contributed by atoms with Crippen LogP contribution in [0.1, 0.15) is 11.3 Å². The van der Waals surface area contributed by atoms with E-state index in [0.29, 0.717) is 5.41 Å². The topological polar surface area (TPSA) is 21.3 Å². The van der Waals surface area contributed by atoms with Gasteiger partial charge in [0.2, 0.25) is 0 Å². The maximum atomic E-state index is 5.48. The van der Waals surface area contributed by atoms with Gasteiger partial charge >= 0.3 is 0 Å². The van der Waals surface area contributed by atoms with Gasteiger partial charge in [0.05, 0.1) is 18.6 Å². The predicted octanol–water partition coefficient (Wildman–Crippen LogP) is 2.39. The molecule has 0 aliphatic carbocycles. The molecule has 1 aromatic heterocycles. The molecule has 0 spiro atoms. The van der Waals surface area contributed by atoms with Crippen LogP contribution in [-0.2, 0) is 10.2 Å². The third-order valence-corrected chi connectivity index (χ3v) is 5.53. The summed E-state index contributed by atoms with van der Waals surface area (Å²) in [5.74, 6) is 0.761. The van der Waals surface area contributed by atoms with Gasteiger partial charge in [0.15, 0.2) is 0 Å². The Labute approximate surface area is 102 Å². The van der Waals surface area contributed by atoms with E-state index in [9.17, 15) is 0 Å². The van der Waals surface area contributed by atoms with Gasteiger partial charge in [-0.25, -0.2) is 0 Å². The van der Waals surface area contributed by atoms with Crippen molar-refractivity contribution in [1.29, 1.82) is 0 Å². The van der Waals surface area contributed by atoms with Gasteiger partial charge in [-0.1, -0.05) is 0 Å². The Hall–Kier alpha value is 0.1000. The number of nitrogens with one attached hydrogen (secondary N) is 1. The highest BCUT2D eigenvalue weighted by molar-refractivity contribution is 9.10. The molecule has 0 amide bonds. The van der Waals surface area contributed by atoms with Crippen LogP contribution in [0.15, 0.2) is 15.9 Å². The Morgan fingerprint density at radius 1 is 1.53 bits per heavy atom. The number of thiophene rings is 1. The van der Waals surface area contributed by atoms with Gasteiger partial charge in [0.1, 0.15) is 0 Å². The first-order chi connectivity index (χ1) is 7.31. The van der Waals surface area contributed by atoms with E-state index >= 15 is 0 Å². The van der Waals surface area contributed by atoms with E-state index in [0.717, 1.165) is 25.7 Å². The lowest BCUT2D eigenvalue weighted by molar-refractivity contribution is -0.0850. The number of ether oxygens (including phenoxy) is 1. The van der Waals surface area contributed by atoms with Gasteiger partial charge in [-0.3, -0.25) is 0 Å². The molecule has 2 saturated heterocycles. The monoisotopic (exact) mass is 287 g/mol. The van der Waals surface area contributed by atoms with Crippen LogP contribution in [0.5, 0.6) is 0 Å². The lowest BCUT2D eigenvalue weighted by Crippen LogP contribution is -2.52. The molecule has 2 aliphatic rings. The smallest absolute Gasteiger partial charge is 0.0596 e. The summed E-state index contributed by atoms with van der Waals surface area (Å²) in [6, 6.07) is 2.27. The second-order valence-corrected chi connectivity index (χ2v) is 6.29. The summed E-state index contributed by atoms with van der Waals surface area (Å²) in [6.45, 7) is 4.14. The highest BCUT2D eigenvalue weighted by Crippen LogP contribution is 2.45. The van der Waals surface area contributed by atoms with Crippen LogP contribution in [0.3, 0.4) is 0 Å². The Kier molecular flexibility index (Phi) is 2.63. The van der Waals surface area contributed by atoms with Crippen LogP contribution in [0.25, 0.3) is 0 Å². The Balaban J connectivity index is 1.91. The summed E-state index contributed by atoms with van der Waals surface area (Å²) < 4.78 is 6.69. The first kappa shape index (κ1) is 10.3. The van der Waals surface area contributed by atoms with Gasteiger partial charge in [-0.15, -0.1) is 11.3 Å². The highest BCUT2D eigenvalue weighted by atomic mass is 79.9. The number of hydrogen-bond acceptors (Lipinski definition) is 3. The molecule has 0 radical (unpaired) electrons. The summed E-state index contributed by atoms with van der Waals surface area (Å²) in [7, 11) is 0. The second-order valence-electron chi connectivity index (χ2n) is 4.47. The maximum absolute atomic E-state index is 5.48. The Morgan fingerprint density at radius 2 is 2.40 bits per heavy atom. The zero-order valence-electron chi connectivity index (χ0n) is 8.46. The van der Waals surface area contributed by atoms with E-state index in [1.807, 2.05) is 11.3 Å². The van der Waals surface area contributed by atoms with E-state index in [-0.39, 0.29) is 0 Å². The van der Waals surface area contributed by atoms with E-state index in [4.69, 9.17) is 4.74 Å². The molecule has 1 aromatic rings. The molecular formula is C11H14BrNOS. The minimum absolute atomic E-state index is 0.320. The molecule has 82 valence electrons. The summed E-state index contributed by atoms with van der Waals surface area (Å²) in [6.07, 6.45) is 1.29. The molecule has 1 atom stereocenters. The molecule has 3 rings (SSSR count).